The molecule has 0 aromatic heterocycles. The molecule has 0 amide bonds. The van der Waals surface area contributed by atoms with E-state index >= 15 is 0 Å². The van der Waals surface area contributed by atoms with Crippen LogP contribution < -0.4 is 0 Å². The Morgan fingerprint density at radius 3 is 1.44 bits per heavy atom. The summed E-state index contributed by atoms with van der Waals surface area (Å²) >= 11 is 3.59. The zero-order chi connectivity index (χ0) is 28.8. The fourth-order valence-corrected chi connectivity index (χ4v) is 5.30. The van der Waals surface area contributed by atoms with E-state index in [1.807, 2.05) is 26.0 Å². The maximum absolute atomic E-state index is 6.45. The molecule has 4 nitrogen and oxygen atoms in total. The first-order chi connectivity index (χ1) is 20.1. The molecule has 0 bridgehead atoms. The first-order valence-corrected chi connectivity index (χ1v) is 15.2. The van der Waals surface area contributed by atoms with Crippen LogP contribution in [-0.4, -0.2) is 26.4 Å². The van der Waals surface area contributed by atoms with Crippen molar-refractivity contribution < 1.29 is 18.9 Å². The zero-order valence-electron chi connectivity index (χ0n) is 24.1. The summed E-state index contributed by atoms with van der Waals surface area (Å²) in [5.74, 6) is 0. The van der Waals surface area contributed by atoms with Crippen LogP contribution in [-0.2, 0) is 45.0 Å². The van der Waals surface area contributed by atoms with Gasteiger partial charge in [-0.1, -0.05) is 113 Å². The number of halogens is 1. The second kappa shape index (κ2) is 16.6. The Balaban J connectivity index is 1.59. The van der Waals surface area contributed by atoms with E-state index in [1.54, 1.807) is 0 Å². The summed E-state index contributed by atoms with van der Waals surface area (Å²) in [4.78, 5) is 0. The van der Waals surface area contributed by atoms with Crippen molar-refractivity contribution >= 4 is 15.9 Å². The predicted molar refractivity (Wildman–Crippen MR) is 169 cm³/mol. The third-order valence-corrected chi connectivity index (χ3v) is 7.53. The fourth-order valence-electron chi connectivity index (χ4n) is 5.03. The van der Waals surface area contributed by atoms with Crippen LogP contribution in [0, 0.1) is 5.41 Å². The third kappa shape index (κ3) is 10.2. The lowest BCUT2D eigenvalue weighted by Gasteiger charge is -2.34. The Morgan fingerprint density at radius 2 is 1.00 bits per heavy atom. The van der Waals surface area contributed by atoms with Crippen molar-refractivity contribution in [1.82, 2.24) is 0 Å². The average molecular weight is 618 g/mol. The molecule has 4 aromatic carbocycles. The van der Waals surface area contributed by atoms with E-state index in [4.69, 9.17) is 18.9 Å². The number of ether oxygens (including phenoxy) is 4. The summed E-state index contributed by atoms with van der Waals surface area (Å²) < 4.78 is 25.6. The Morgan fingerprint density at radius 1 is 0.561 bits per heavy atom. The van der Waals surface area contributed by atoms with E-state index in [2.05, 4.69) is 113 Å². The quantitative estimate of drug-likeness (QED) is 0.111. The van der Waals surface area contributed by atoms with Gasteiger partial charge in [-0.15, -0.1) is 0 Å². The number of hydrogen-bond donors (Lipinski definition) is 0. The van der Waals surface area contributed by atoms with Gasteiger partial charge in [-0.25, -0.2) is 0 Å². The Hall–Kier alpha value is -2.80. The smallest absolute Gasteiger partial charge is 0.183 e. The summed E-state index contributed by atoms with van der Waals surface area (Å²) in [6, 6.07) is 37.9. The normalized spacial score (nSPS) is 11.7. The van der Waals surface area contributed by atoms with Crippen LogP contribution in [0.5, 0.6) is 0 Å². The van der Waals surface area contributed by atoms with Crippen molar-refractivity contribution in [2.45, 2.75) is 46.2 Å². The van der Waals surface area contributed by atoms with Gasteiger partial charge in [0.1, 0.15) is 0 Å². The van der Waals surface area contributed by atoms with Crippen molar-refractivity contribution in [2.75, 3.05) is 26.4 Å². The predicted octanol–water partition coefficient (Wildman–Crippen LogP) is 8.73. The average Bonchev–Trinajstić information content (AvgIpc) is 3.00. The molecule has 0 radical (unpaired) electrons. The molecule has 0 fully saturated rings. The number of rotatable bonds is 17. The lowest BCUT2D eigenvalue weighted by Crippen LogP contribution is -2.37. The number of hydrogen-bond acceptors (Lipinski definition) is 4. The molecule has 0 N–H and O–H groups in total. The number of benzene rings is 4. The van der Waals surface area contributed by atoms with E-state index < -0.39 is 0 Å². The van der Waals surface area contributed by atoms with Gasteiger partial charge < -0.3 is 18.9 Å². The molecule has 0 aliphatic rings. The van der Waals surface area contributed by atoms with Gasteiger partial charge in [0, 0.05) is 28.7 Å². The van der Waals surface area contributed by atoms with Gasteiger partial charge in [-0.05, 0) is 61.1 Å². The second-order valence-electron chi connectivity index (χ2n) is 10.4. The van der Waals surface area contributed by atoms with Gasteiger partial charge in [0.25, 0.3) is 0 Å². The maximum atomic E-state index is 6.45. The summed E-state index contributed by atoms with van der Waals surface area (Å²) in [6.07, 6.45) is 1.28. The SMILES string of the molecule is CCOC(OCC)c1ccc(CC(COCc2ccccc2)(COCc2ccccc2)Cc2ccc(Br)cc2)cc1. The molecule has 0 spiro atoms. The minimum absolute atomic E-state index is 0.280. The van der Waals surface area contributed by atoms with E-state index in [-0.39, 0.29) is 11.7 Å². The zero-order valence-corrected chi connectivity index (χ0v) is 25.7. The van der Waals surface area contributed by atoms with Crippen LogP contribution in [0.25, 0.3) is 0 Å². The topological polar surface area (TPSA) is 36.9 Å². The molecule has 4 aromatic rings. The summed E-state index contributed by atoms with van der Waals surface area (Å²) in [7, 11) is 0. The van der Waals surface area contributed by atoms with Crippen molar-refractivity contribution in [2.24, 2.45) is 5.41 Å². The molecule has 41 heavy (non-hydrogen) atoms. The fraction of sp³-hybridized carbons (Fsp3) is 0.333. The van der Waals surface area contributed by atoms with Crippen LogP contribution >= 0.6 is 15.9 Å². The first-order valence-electron chi connectivity index (χ1n) is 14.4. The molecular weight excluding hydrogens is 576 g/mol. The van der Waals surface area contributed by atoms with E-state index in [1.165, 1.54) is 11.1 Å². The van der Waals surface area contributed by atoms with Gasteiger partial charge in [-0.3, -0.25) is 0 Å². The van der Waals surface area contributed by atoms with Crippen LogP contribution in [0.4, 0.5) is 0 Å². The molecule has 0 aliphatic heterocycles. The molecule has 0 saturated heterocycles. The van der Waals surface area contributed by atoms with Crippen LogP contribution in [0.2, 0.25) is 0 Å². The van der Waals surface area contributed by atoms with Gasteiger partial charge in [-0.2, -0.15) is 0 Å². The lowest BCUT2D eigenvalue weighted by molar-refractivity contribution is -0.140. The molecule has 0 atom stereocenters. The Kier molecular flexibility index (Phi) is 12.6. The molecule has 0 unspecified atom stereocenters. The second-order valence-corrected chi connectivity index (χ2v) is 11.3. The minimum atomic E-state index is -0.352. The molecule has 0 heterocycles. The highest BCUT2D eigenvalue weighted by atomic mass is 79.9. The molecule has 0 aliphatic carbocycles. The standard InChI is InChI=1S/C36H41BrO4/c1-3-40-35(41-4-2)33-19-15-29(16-20-33)23-36(24-30-17-21-34(37)22-18-30,27-38-25-31-11-7-5-8-12-31)28-39-26-32-13-9-6-10-14-32/h5-22,35H,3-4,23-28H2,1-2H3. The van der Waals surface area contributed by atoms with Crippen LogP contribution in [0.3, 0.4) is 0 Å². The highest BCUT2D eigenvalue weighted by Gasteiger charge is 2.32. The van der Waals surface area contributed by atoms with Gasteiger partial charge in [0.15, 0.2) is 6.29 Å². The van der Waals surface area contributed by atoms with Gasteiger partial charge in [0.05, 0.1) is 26.4 Å². The van der Waals surface area contributed by atoms with Crippen LogP contribution in [0.15, 0.2) is 114 Å². The van der Waals surface area contributed by atoms with Crippen molar-refractivity contribution in [3.63, 3.8) is 0 Å². The van der Waals surface area contributed by atoms with Crippen LogP contribution in [0.1, 0.15) is 48.0 Å². The summed E-state index contributed by atoms with van der Waals surface area (Å²) in [5, 5.41) is 0. The highest BCUT2D eigenvalue weighted by Crippen LogP contribution is 2.32. The summed E-state index contributed by atoms with van der Waals surface area (Å²) in [5.41, 5.74) is 5.55. The van der Waals surface area contributed by atoms with Crippen molar-refractivity contribution in [1.29, 1.82) is 0 Å². The minimum Gasteiger partial charge on any atom is -0.376 e. The van der Waals surface area contributed by atoms with Crippen molar-refractivity contribution in [3.8, 4) is 0 Å². The Bertz CT molecular complexity index is 1210. The summed E-state index contributed by atoms with van der Waals surface area (Å²) in [6.45, 7) is 7.42. The monoisotopic (exact) mass is 616 g/mol. The van der Waals surface area contributed by atoms with Gasteiger partial charge >= 0.3 is 0 Å². The maximum Gasteiger partial charge on any atom is 0.183 e. The molecule has 5 heteroatoms. The van der Waals surface area contributed by atoms with E-state index in [9.17, 15) is 0 Å². The van der Waals surface area contributed by atoms with Crippen molar-refractivity contribution in [3.05, 3.63) is 141 Å². The van der Waals surface area contributed by atoms with E-state index in [0.717, 1.165) is 34.0 Å². The molecule has 4 rings (SSSR count). The Labute approximate surface area is 253 Å². The van der Waals surface area contributed by atoms with E-state index in [0.29, 0.717) is 39.6 Å². The first kappa shape index (κ1) is 31.1. The largest absolute Gasteiger partial charge is 0.376 e. The molecular formula is C36H41BrO4. The molecule has 216 valence electrons. The lowest BCUT2D eigenvalue weighted by atomic mass is 9.77. The third-order valence-electron chi connectivity index (χ3n) is 7.00. The molecule has 0 saturated carbocycles. The van der Waals surface area contributed by atoms with Gasteiger partial charge in [0.2, 0.25) is 0 Å². The highest BCUT2D eigenvalue weighted by molar-refractivity contribution is 9.10.